The maximum Gasteiger partial charge on any atom is 0.417 e. The highest BCUT2D eigenvalue weighted by Crippen LogP contribution is 2.37. The van der Waals surface area contributed by atoms with Gasteiger partial charge in [0.2, 0.25) is 0 Å². The lowest BCUT2D eigenvalue weighted by Crippen LogP contribution is -2.45. The molecule has 30 heavy (non-hydrogen) atoms. The minimum Gasteiger partial charge on any atom is -0.373 e. The Morgan fingerprint density at radius 3 is 2.57 bits per heavy atom. The van der Waals surface area contributed by atoms with Crippen molar-refractivity contribution in [3.05, 3.63) is 60.0 Å². The molecule has 2 atom stereocenters. The minimum absolute atomic E-state index is 0.0718. The fourth-order valence-electron chi connectivity index (χ4n) is 3.67. The van der Waals surface area contributed by atoms with Crippen LogP contribution in [-0.2, 0) is 22.4 Å². The first-order valence-corrected chi connectivity index (χ1v) is 9.75. The Balaban J connectivity index is 1.58. The molecule has 5 nitrogen and oxygen atoms in total. The predicted octanol–water partition coefficient (Wildman–Crippen LogP) is 4.86. The van der Waals surface area contributed by atoms with Crippen molar-refractivity contribution in [2.24, 2.45) is 0 Å². The number of nitrogens with zero attached hydrogens (tertiary/aromatic N) is 3. The van der Waals surface area contributed by atoms with Crippen molar-refractivity contribution in [2.75, 3.05) is 13.1 Å². The molecule has 0 spiro atoms. The van der Waals surface area contributed by atoms with Gasteiger partial charge in [0, 0.05) is 11.6 Å². The van der Waals surface area contributed by atoms with Crippen LogP contribution in [0.2, 0.25) is 0 Å². The molecule has 0 aliphatic carbocycles. The number of aromatic nitrogens is 2. The van der Waals surface area contributed by atoms with Gasteiger partial charge in [-0.3, -0.25) is 4.84 Å². The van der Waals surface area contributed by atoms with Crippen LogP contribution in [0.25, 0.3) is 22.0 Å². The zero-order valence-electron chi connectivity index (χ0n) is 16.7. The van der Waals surface area contributed by atoms with Gasteiger partial charge in [-0.25, -0.2) is 9.97 Å². The Kier molecular flexibility index (Phi) is 5.73. The summed E-state index contributed by atoms with van der Waals surface area (Å²) >= 11 is 0. The van der Waals surface area contributed by atoms with Gasteiger partial charge in [-0.1, -0.05) is 30.3 Å². The van der Waals surface area contributed by atoms with Crippen LogP contribution in [0, 0.1) is 0 Å². The van der Waals surface area contributed by atoms with Crippen LogP contribution in [0.1, 0.15) is 25.2 Å². The van der Waals surface area contributed by atoms with Crippen LogP contribution in [0.3, 0.4) is 0 Å². The number of halogens is 3. The summed E-state index contributed by atoms with van der Waals surface area (Å²) in [7, 11) is 0. The van der Waals surface area contributed by atoms with E-state index in [9.17, 15) is 13.2 Å². The molecule has 0 saturated carbocycles. The topological polar surface area (TPSA) is 47.5 Å². The molecule has 4 rings (SSSR count). The quantitative estimate of drug-likeness (QED) is 0.607. The summed E-state index contributed by atoms with van der Waals surface area (Å²) in [5.74, 6) is 0.468. The van der Waals surface area contributed by atoms with Gasteiger partial charge >= 0.3 is 6.18 Å². The van der Waals surface area contributed by atoms with E-state index in [1.54, 1.807) is 30.5 Å². The molecule has 158 valence electrons. The van der Waals surface area contributed by atoms with Gasteiger partial charge in [0.1, 0.15) is 6.61 Å². The van der Waals surface area contributed by atoms with Crippen molar-refractivity contribution in [1.82, 2.24) is 15.0 Å². The van der Waals surface area contributed by atoms with Crippen molar-refractivity contribution >= 4 is 10.9 Å². The summed E-state index contributed by atoms with van der Waals surface area (Å²) in [6.07, 6.45) is -2.63. The molecule has 1 aliphatic heterocycles. The third-order valence-corrected chi connectivity index (χ3v) is 4.94. The molecule has 0 unspecified atom stereocenters. The summed E-state index contributed by atoms with van der Waals surface area (Å²) in [5, 5.41) is 2.59. The maximum absolute atomic E-state index is 13.4. The Labute approximate surface area is 172 Å². The van der Waals surface area contributed by atoms with Crippen molar-refractivity contribution < 1.29 is 22.7 Å². The SMILES string of the molecule is C[C@@H]1CN(OCc2ncc3ccc(-c4ccccc4C(F)(F)F)cc3n2)C[C@H](C)O1. The van der Waals surface area contributed by atoms with Gasteiger partial charge in [-0.15, -0.1) is 0 Å². The molecule has 1 fully saturated rings. The van der Waals surface area contributed by atoms with E-state index in [4.69, 9.17) is 9.57 Å². The number of fused-ring (bicyclic) bond motifs is 1. The van der Waals surface area contributed by atoms with Crippen LogP contribution >= 0.6 is 0 Å². The second-order valence-corrected chi connectivity index (χ2v) is 7.48. The summed E-state index contributed by atoms with van der Waals surface area (Å²) in [4.78, 5) is 14.6. The molecule has 2 heterocycles. The zero-order valence-corrected chi connectivity index (χ0v) is 16.7. The normalized spacial score (nSPS) is 20.6. The Bertz CT molecular complexity index is 1030. The van der Waals surface area contributed by atoms with Gasteiger partial charge in [0.25, 0.3) is 0 Å². The van der Waals surface area contributed by atoms with Crippen molar-refractivity contribution in [3.63, 3.8) is 0 Å². The Hall–Kier alpha value is -2.55. The molecule has 8 heteroatoms. The van der Waals surface area contributed by atoms with Gasteiger partial charge in [0.05, 0.1) is 36.4 Å². The standard InChI is InChI=1S/C22H22F3N3O2/c1-14-11-28(12-15(2)30-14)29-13-21-26-10-17-8-7-16(9-20(17)27-21)18-5-3-4-6-19(18)22(23,24)25/h3-10,14-15H,11-13H2,1-2H3/t14-,15+. The number of hydrogen-bond donors (Lipinski definition) is 0. The van der Waals surface area contributed by atoms with E-state index in [2.05, 4.69) is 9.97 Å². The monoisotopic (exact) mass is 417 g/mol. The largest absolute Gasteiger partial charge is 0.417 e. The zero-order chi connectivity index (χ0) is 21.3. The van der Waals surface area contributed by atoms with Gasteiger partial charge in [-0.05, 0) is 37.1 Å². The van der Waals surface area contributed by atoms with Crippen LogP contribution in [-0.4, -0.2) is 40.3 Å². The van der Waals surface area contributed by atoms with Crippen molar-refractivity contribution in [3.8, 4) is 11.1 Å². The van der Waals surface area contributed by atoms with E-state index in [0.29, 0.717) is 30.0 Å². The van der Waals surface area contributed by atoms with E-state index in [-0.39, 0.29) is 24.4 Å². The lowest BCUT2D eigenvalue weighted by atomic mass is 9.98. The molecule has 3 aromatic rings. The lowest BCUT2D eigenvalue weighted by molar-refractivity contribution is -0.234. The summed E-state index contributed by atoms with van der Waals surface area (Å²) in [5.41, 5.74) is 0.482. The molecule has 0 amide bonds. The van der Waals surface area contributed by atoms with Gasteiger partial charge in [0.15, 0.2) is 5.82 Å². The molecule has 0 bridgehead atoms. The van der Waals surface area contributed by atoms with Gasteiger partial charge < -0.3 is 4.74 Å². The second-order valence-electron chi connectivity index (χ2n) is 7.48. The second kappa shape index (κ2) is 8.29. The first-order valence-electron chi connectivity index (χ1n) is 9.75. The third kappa shape index (κ3) is 4.61. The highest BCUT2D eigenvalue weighted by atomic mass is 19.4. The summed E-state index contributed by atoms with van der Waals surface area (Å²) in [6.45, 7) is 5.45. The van der Waals surface area contributed by atoms with E-state index in [1.165, 1.54) is 12.1 Å². The first kappa shape index (κ1) is 20.7. The first-order chi connectivity index (χ1) is 14.3. The lowest BCUT2D eigenvalue weighted by Gasteiger charge is -2.34. The fourth-order valence-corrected chi connectivity index (χ4v) is 3.67. The smallest absolute Gasteiger partial charge is 0.373 e. The average molecular weight is 417 g/mol. The minimum atomic E-state index is -4.43. The molecule has 0 N–H and O–H groups in total. The molecule has 1 aliphatic rings. The highest BCUT2D eigenvalue weighted by Gasteiger charge is 2.33. The average Bonchev–Trinajstić information content (AvgIpc) is 2.70. The number of hydrogen-bond acceptors (Lipinski definition) is 5. The van der Waals surface area contributed by atoms with E-state index in [1.807, 2.05) is 18.9 Å². The summed E-state index contributed by atoms with van der Waals surface area (Å²) < 4.78 is 45.8. The van der Waals surface area contributed by atoms with Crippen LogP contribution < -0.4 is 0 Å². The van der Waals surface area contributed by atoms with Gasteiger partial charge in [-0.2, -0.15) is 18.2 Å². The molecular formula is C22H22F3N3O2. The number of rotatable bonds is 4. The number of morpholine rings is 1. The van der Waals surface area contributed by atoms with Crippen molar-refractivity contribution in [1.29, 1.82) is 0 Å². The Morgan fingerprint density at radius 1 is 1.10 bits per heavy atom. The predicted molar refractivity (Wildman–Crippen MR) is 106 cm³/mol. The maximum atomic E-state index is 13.4. The van der Waals surface area contributed by atoms with Crippen molar-refractivity contribution in [2.45, 2.75) is 38.8 Å². The number of alkyl halides is 3. The molecule has 1 aromatic heterocycles. The number of hydroxylamine groups is 2. The van der Waals surface area contributed by atoms with Crippen LogP contribution in [0.4, 0.5) is 13.2 Å². The molecular weight excluding hydrogens is 395 g/mol. The van der Waals surface area contributed by atoms with E-state index >= 15 is 0 Å². The highest BCUT2D eigenvalue weighted by molar-refractivity contribution is 5.84. The van der Waals surface area contributed by atoms with E-state index < -0.39 is 11.7 Å². The molecule has 2 aromatic carbocycles. The third-order valence-electron chi connectivity index (χ3n) is 4.94. The van der Waals surface area contributed by atoms with Crippen LogP contribution in [0.15, 0.2) is 48.7 Å². The van der Waals surface area contributed by atoms with Crippen LogP contribution in [0.5, 0.6) is 0 Å². The summed E-state index contributed by atoms with van der Waals surface area (Å²) in [6, 6.07) is 10.6. The number of ether oxygens (including phenoxy) is 1. The molecule has 1 saturated heterocycles. The number of benzene rings is 2. The fraction of sp³-hybridized carbons (Fsp3) is 0.364. The van der Waals surface area contributed by atoms with E-state index in [0.717, 1.165) is 11.5 Å². The molecule has 0 radical (unpaired) electrons. The Morgan fingerprint density at radius 2 is 1.83 bits per heavy atom.